The highest BCUT2D eigenvalue weighted by molar-refractivity contribution is 6.01. The molecule has 2 aromatic carbocycles. The summed E-state index contributed by atoms with van der Waals surface area (Å²) in [6.45, 7) is 3.57. The van der Waals surface area contributed by atoms with Crippen LogP contribution in [0.4, 0.5) is 4.39 Å². The van der Waals surface area contributed by atoms with Gasteiger partial charge < -0.3 is 9.94 Å². The Morgan fingerprint density at radius 1 is 1.20 bits per heavy atom. The second-order valence-electron chi connectivity index (χ2n) is 6.51. The summed E-state index contributed by atoms with van der Waals surface area (Å²) < 4.78 is 13.1. The van der Waals surface area contributed by atoms with E-state index in [1.165, 1.54) is 12.1 Å². The first-order valence-corrected chi connectivity index (χ1v) is 8.53. The minimum absolute atomic E-state index is 0.0468. The number of rotatable bonds is 7. The third kappa shape index (κ3) is 5.11. The first-order valence-electron chi connectivity index (χ1n) is 8.53. The van der Waals surface area contributed by atoms with Gasteiger partial charge in [0.1, 0.15) is 11.9 Å². The van der Waals surface area contributed by atoms with Crippen LogP contribution in [-0.2, 0) is 11.4 Å². The fraction of sp³-hybridized carbons (Fsp3) is 0.350. The smallest absolute Gasteiger partial charge is 0.145 e. The van der Waals surface area contributed by atoms with Crippen molar-refractivity contribution in [3.63, 3.8) is 0 Å². The Balaban J connectivity index is 1.60. The van der Waals surface area contributed by atoms with E-state index in [2.05, 4.69) is 10.1 Å². The number of hydrogen-bond donors (Lipinski definition) is 1. The van der Waals surface area contributed by atoms with Crippen LogP contribution in [0.15, 0.2) is 59.8 Å². The maximum Gasteiger partial charge on any atom is 0.145 e. The van der Waals surface area contributed by atoms with Crippen molar-refractivity contribution in [2.75, 3.05) is 13.1 Å². The second-order valence-corrected chi connectivity index (χ2v) is 6.51. The van der Waals surface area contributed by atoms with Crippen molar-refractivity contribution >= 4 is 5.71 Å². The van der Waals surface area contributed by atoms with E-state index >= 15 is 0 Å². The lowest BCUT2D eigenvalue weighted by Gasteiger charge is -2.25. The molecule has 5 heteroatoms. The maximum atomic E-state index is 13.1. The van der Waals surface area contributed by atoms with Gasteiger partial charge in [-0.2, -0.15) is 0 Å². The summed E-state index contributed by atoms with van der Waals surface area (Å²) in [5.74, 6) is -0.245. The van der Waals surface area contributed by atoms with Gasteiger partial charge in [0.05, 0.1) is 11.8 Å². The van der Waals surface area contributed by atoms with Gasteiger partial charge in [0.15, 0.2) is 0 Å². The van der Waals surface area contributed by atoms with Crippen molar-refractivity contribution in [2.24, 2.45) is 5.16 Å². The fourth-order valence-electron chi connectivity index (χ4n) is 3.04. The van der Waals surface area contributed by atoms with Crippen LogP contribution in [-0.4, -0.2) is 41.0 Å². The predicted molar refractivity (Wildman–Crippen MR) is 95.8 cm³/mol. The molecule has 2 aromatic rings. The van der Waals surface area contributed by atoms with E-state index in [4.69, 9.17) is 4.84 Å². The minimum Gasteiger partial charge on any atom is -0.392 e. The van der Waals surface area contributed by atoms with Crippen molar-refractivity contribution in [3.8, 4) is 0 Å². The molecule has 0 aromatic heterocycles. The molecule has 0 saturated carbocycles. The number of halogens is 1. The first-order chi connectivity index (χ1) is 12.1. The van der Waals surface area contributed by atoms with Crippen LogP contribution < -0.4 is 0 Å². The monoisotopic (exact) mass is 342 g/mol. The molecule has 25 heavy (non-hydrogen) atoms. The van der Waals surface area contributed by atoms with E-state index in [0.29, 0.717) is 19.6 Å². The van der Waals surface area contributed by atoms with Crippen molar-refractivity contribution in [1.82, 2.24) is 4.90 Å². The molecule has 1 aliphatic heterocycles. The van der Waals surface area contributed by atoms with Crippen LogP contribution in [0.2, 0.25) is 0 Å². The lowest BCUT2D eigenvalue weighted by Crippen LogP contribution is -2.37. The normalized spacial score (nSPS) is 18.1. The Kier molecular flexibility index (Phi) is 5.79. The summed E-state index contributed by atoms with van der Waals surface area (Å²) in [5.41, 5.74) is 3.03. The Morgan fingerprint density at radius 2 is 1.92 bits per heavy atom. The zero-order valence-electron chi connectivity index (χ0n) is 14.3. The highest BCUT2D eigenvalue weighted by atomic mass is 19.1. The Hall–Kier alpha value is -2.24. The van der Waals surface area contributed by atoms with Crippen molar-refractivity contribution in [1.29, 1.82) is 0 Å². The van der Waals surface area contributed by atoms with E-state index in [0.717, 1.165) is 23.3 Å². The molecule has 2 atom stereocenters. The Morgan fingerprint density at radius 3 is 2.60 bits per heavy atom. The third-order valence-electron chi connectivity index (χ3n) is 4.14. The van der Waals surface area contributed by atoms with Crippen molar-refractivity contribution in [2.45, 2.75) is 32.1 Å². The van der Waals surface area contributed by atoms with E-state index in [1.54, 1.807) is 19.1 Å². The van der Waals surface area contributed by atoms with Gasteiger partial charge in [-0.25, -0.2) is 4.39 Å². The minimum atomic E-state index is -0.448. The van der Waals surface area contributed by atoms with Crippen LogP contribution in [0.25, 0.3) is 0 Å². The number of oxime groups is 1. The molecule has 0 fully saturated rings. The molecule has 2 unspecified atom stereocenters. The molecule has 3 rings (SSSR count). The summed E-state index contributed by atoms with van der Waals surface area (Å²) >= 11 is 0. The SMILES string of the molecule is CC(O)CN(Cc1ccc(F)cc1)CC1CC(c2ccccc2)=NO1. The molecule has 1 N–H and O–H groups in total. The van der Waals surface area contributed by atoms with Gasteiger partial charge in [0.25, 0.3) is 0 Å². The topological polar surface area (TPSA) is 45.1 Å². The number of hydrogen-bond acceptors (Lipinski definition) is 4. The predicted octanol–water partition coefficient (Wildman–Crippen LogP) is 3.20. The highest BCUT2D eigenvalue weighted by Gasteiger charge is 2.25. The average molecular weight is 342 g/mol. The lowest BCUT2D eigenvalue weighted by molar-refractivity contribution is 0.0351. The second kappa shape index (κ2) is 8.23. The Bertz CT molecular complexity index is 701. The van der Waals surface area contributed by atoms with Gasteiger partial charge in [-0.15, -0.1) is 0 Å². The molecule has 0 aliphatic carbocycles. The number of nitrogens with zero attached hydrogens (tertiary/aromatic N) is 2. The maximum absolute atomic E-state index is 13.1. The molecule has 0 bridgehead atoms. The zero-order chi connectivity index (χ0) is 17.6. The quantitative estimate of drug-likeness (QED) is 0.840. The van der Waals surface area contributed by atoms with Crippen LogP contribution in [0.5, 0.6) is 0 Å². The fourth-order valence-corrected chi connectivity index (χ4v) is 3.04. The summed E-state index contributed by atoms with van der Waals surface area (Å²) in [6, 6.07) is 16.4. The molecule has 0 radical (unpaired) electrons. The molecule has 132 valence electrons. The molecular formula is C20H23FN2O2. The van der Waals surface area contributed by atoms with Crippen LogP contribution in [0.3, 0.4) is 0 Å². The summed E-state index contributed by atoms with van der Waals surface area (Å²) in [7, 11) is 0. The van der Waals surface area contributed by atoms with Crippen molar-refractivity contribution in [3.05, 3.63) is 71.5 Å². The summed E-state index contributed by atoms with van der Waals surface area (Å²) in [6.07, 6.45) is 0.245. The number of benzene rings is 2. The Labute approximate surface area is 147 Å². The number of aliphatic hydroxyl groups excluding tert-OH is 1. The lowest BCUT2D eigenvalue weighted by atomic mass is 10.0. The standard InChI is InChI=1S/C20H23FN2O2/c1-15(24)12-23(13-16-7-9-18(21)10-8-16)14-19-11-20(22-25-19)17-5-3-2-4-6-17/h2-10,15,19,24H,11-14H2,1H3. The highest BCUT2D eigenvalue weighted by Crippen LogP contribution is 2.18. The summed E-state index contributed by atoms with van der Waals surface area (Å²) in [4.78, 5) is 7.71. The molecule has 0 spiro atoms. The van der Waals surface area contributed by atoms with Gasteiger partial charge in [-0.1, -0.05) is 47.6 Å². The molecule has 4 nitrogen and oxygen atoms in total. The van der Waals surface area contributed by atoms with Crippen LogP contribution in [0, 0.1) is 5.82 Å². The largest absolute Gasteiger partial charge is 0.392 e. The molecule has 1 aliphatic rings. The van der Waals surface area contributed by atoms with Crippen LogP contribution in [0.1, 0.15) is 24.5 Å². The van der Waals surface area contributed by atoms with E-state index in [-0.39, 0.29) is 11.9 Å². The van der Waals surface area contributed by atoms with Gasteiger partial charge in [0.2, 0.25) is 0 Å². The third-order valence-corrected chi connectivity index (χ3v) is 4.14. The molecule has 1 heterocycles. The van der Waals surface area contributed by atoms with Gasteiger partial charge in [-0.05, 0) is 30.2 Å². The first kappa shape index (κ1) is 17.6. The van der Waals surface area contributed by atoms with Gasteiger partial charge in [-0.3, -0.25) is 4.90 Å². The van der Waals surface area contributed by atoms with Crippen LogP contribution >= 0.6 is 0 Å². The molecule has 0 saturated heterocycles. The van der Waals surface area contributed by atoms with E-state index in [1.807, 2.05) is 30.3 Å². The molecular weight excluding hydrogens is 319 g/mol. The van der Waals surface area contributed by atoms with Gasteiger partial charge in [0, 0.05) is 26.1 Å². The van der Waals surface area contributed by atoms with Crippen molar-refractivity contribution < 1.29 is 14.3 Å². The zero-order valence-corrected chi connectivity index (χ0v) is 14.3. The van der Waals surface area contributed by atoms with Gasteiger partial charge >= 0.3 is 0 Å². The van der Waals surface area contributed by atoms with E-state index < -0.39 is 6.10 Å². The summed E-state index contributed by atoms with van der Waals surface area (Å²) in [5, 5.41) is 14.0. The number of aliphatic hydroxyl groups is 1. The molecule has 0 amide bonds. The average Bonchev–Trinajstić information content (AvgIpc) is 3.06. The van der Waals surface area contributed by atoms with E-state index in [9.17, 15) is 9.50 Å².